The van der Waals surface area contributed by atoms with Crippen molar-refractivity contribution in [2.45, 2.75) is 51.5 Å². The highest BCUT2D eigenvalue weighted by Crippen LogP contribution is 2.23. The average Bonchev–Trinajstić information content (AvgIpc) is 2.61. The lowest BCUT2D eigenvalue weighted by Gasteiger charge is -2.36. The summed E-state index contributed by atoms with van der Waals surface area (Å²) in [6.45, 7) is 6.24. The maximum atomic E-state index is 12.6. The van der Waals surface area contributed by atoms with E-state index in [9.17, 15) is 14.7 Å². The van der Waals surface area contributed by atoms with Gasteiger partial charge in [0, 0.05) is 31.0 Å². The van der Waals surface area contributed by atoms with Crippen LogP contribution in [0.2, 0.25) is 0 Å². The van der Waals surface area contributed by atoms with Crippen LogP contribution in [0, 0.1) is 0 Å². The summed E-state index contributed by atoms with van der Waals surface area (Å²) in [7, 11) is 0. The minimum atomic E-state index is -0.381. The average molecular weight is 345 g/mol. The number of phenolic OH excluding ortho intramolecular Hbond substituents is 1. The SMILES string of the molecule is C=C(C)C(=O)OCCC1CCCCN1C(=O)CCc1ccccc1O. The Morgan fingerprint density at radius 3 is 2.80 bits per heavy atom. The molecule has 2 rings (SSSR count). The number of benzene rings is 1. The van der Waals surface area contributed by atoms with Gasteiger partial charge >= 0.3 is 5.97 Å². The molecule has 1 atom stereocenters. The van der Waals surface area contributed by atoms with Gasteiger partial charge in [-0.1, -0.05) is 24.8 Å². The Bertz CT molecular complexity index is 626. The Balaban J connectivity index is 1.86. The molecule has 1 N–H and O–H groups in total. The Morgan fingerprint density at radius 1 is 1.32 bits per heavy atom. The summed E-state index contributed by atoms with van der Waals surface area (Å²) in [4.78, 5) is 26.0. The Morgan fingerprint density at radius 2 is 2.08 bits per heavy atom. The summed E-state index contributed by atoms with van der Waals surface area (Å²) in [5, 5.41) is 9.82. The first-order valence-corrected chi connectivity index (χ1v) is 8.88. The maximum Gasteiger partial charge on any atom is 0.333 e. The highest BCUT2D eigenvalue weighted by molar-refractivity contribution is 5.86. The second kappa shape index (κ2) is 9.25. The molecule has 1 aliphatic heterocycles. The molecule has 1 heterocycles. The number of phenols is 1. The summed E-state index contributed by atoms with van der Waals surface area (Å²) in [6.07, 6.45) is 4.58. The molecule has 0 radical (unpaired) electrons. The summed E-state index contributed by atoms with van der Waals surface area (Å²) in [5.41, 5.74) is 1.18. The van der Waals surface area contributed by atoms with Gasteiger partial charge in [0.15, 0.2) is 0 Å². The number of rotatable bonds is 7. The molecular formula is C20H27NO4. The smallest absolute Gasteiger partial charge is 0.333 e. The van der Waals surface area contributed by atoms with Crippen LogP contribution < -0.4 is 0 Å². The van der Waals surface area contributed by atoms with Crippen LogP contribution in [-0.2, 0) is 20.7 Å². The Kier molecular flexibility index (Phi) is 7.04. The quantitative estimate of drug-likeness (QED) is 0.609. The molecule has 0 aliphatic carbocycles. The van der Waals surface area contributed by atoms with Crippen molar-refractivity contribution in [2.75, 3.05) is 13.2 Å². The lowest BCUT2D eigenvalue weighted by atomic mass is 9.98. The van der Waals surface area contributed by atoms with Crippen LogP contribution in [0.1, 0.15) is 44.6 Å². The second-order valence-corrected chi connectivity index (χ2v) is 6.57. The van der Waals surface area contributed by atoms with Crippen molar-refractivity contribution in [1.82, 2.24) is 4.90 Å². The fourth-order valence-corrected chi connectivity index (χ4v) is 3.15. The maximum absolute atomic E-state index is 12.6. The van der Waals surface area contributed by atoms with E-state index in [1.807, 2.05) is 17.0 Å². The lowest BCUT2D eigenvalue weighted by Crippen LogP contribution is -2.44. The van der Waals surface area contributed by atoms with Gasteiger partial charge in [-0.2, -0.15) is 0 Å². The van der Waals surface area contributed by atoms with Crippen LogP contribution in [0.4, 0.5) is 0 Å². The number of carbonyl (C=O) groups is 2. The molecule has 1 fully saturated rings. The lowest BCUT2D eigenvalue weighted by molar-refractivity contribution is -0.140. The van der Waals surface area contributed by atoms with Crippen LogP contribution in [0.5, 0.6) is 5.75 Å². The third-order valence-electron chi connectivity index (χ3n) is 4.58. The van der Waals surface area contributed by atoms with Crippen LogP contribution in [0.15, 0.2) is 36.4 Å². The number of carbonyl (C=O) groups excluding carboxylic acids is 2. The normalized spacial score (nSPS) is 17.2. The molecule has 136 valence electrons. The van der Waals surface area contributed by atoms with Crippen molar-refractivity contribution >= 4 is 11.9 Å². The number of amides is 1. The first-order valence-electron chi connectivity index (χ1n) is 8.88. The van der Waals surface area contributed by atoms with Crippen molar-refractivity contribution in [3.63, 3.8) is 0 Å². The molecule has 5 heteroatoms. The third kappa shape index (κ3) is 5.62. The number of piperidine rings is 1. The van der Waals surface area contributed by atoms with Gasteiger partial charge in [0.2, 0.25) is 5.91 Å². The summed E-state index contributed by atoms with van der Waals surface area (Å²) in [5.74, 6) is -0.0513. The van der Waals surface area contributed by atoms with E-state index in [-0.39, 0.29) is 23.7 Å². The molecule has 1 aliphatic rings. The topological polar surface area (TPSA) is 66.8 Å². The van der Waals surface area contributed by atoms with E-state index in [2.05, 4.69) is 6.58 Å². The molecule has 0 spiro atoms. The molecule has 5 nitrogen and oxygen atoms in total. The number of ether oxygens (including phenoxy) is 1. The van der Waals surface area contributed by atoms with E-state index in [0.717, 1.165) is 31.4 Å². The van der Waals surface area contributed by atoms with Gasteiger partial charge < -0.3 is 14.7 Å². The largest absolute Gasteiger partial charge is 0.508 e. The predicted octanol–water partition coefficient (Wildman–Crippen LogP) is 3.22. The zero-order valence-corrected chi connectivity index (χ0v) is 14.9. The van der Waals surface area contributed by atoms with E-state index in [1.54, 1.807) is 19.1 Å². The molecule has 1 aromatic carbocycles. The van der Waals surface area contributed by atoms with Gasteiger partial charge in [0.1, 0.15) is 5.75 Å². The van der Waals surface area contributed by atoms with Crippen molar-refractivity contribution in [2.24, 2.45) is 0 Å². The monoisotopic (exact) mass is 345 g/mol. The molecular weight excluding hydrogens is 318 g/mol. The number of aryl methyl sites for hydroxylation is 1. The second-order valence-electron chi connectivity index (χ2n) is 6.57. The minimum Gasteiger partial charge on any atom is -0.508 e. The van der Waals surface area contributed by atoms with Crippen molar-refractivity contribution in [3.05, 3.63) is 42.0 Å². The number of nitrogens with zero attached hydrogens (tertiary/aromatic N) is 1. The van der Waals surface area contributed by atoms with Gasteiger partial charge in [0.25, 0.3) is 0 Å². The van der Waals surface area contributed by atoms with E-state index < -0.39 is 0 Å². The van der Waals surface area contributed by atoms with Crippen LogP contribution in [0.25, 0.3) is 0 Å². The number of esters is 1. The van der Waals surface area contributed by atoms with E-state index >= 15 is 0 Å². The summed E-state index contributed by atoms with van der Waals surface area (Å²) in [6, 6.07) is 7.23. The molecule has 1 aromatic rings. The number of likely N-dealkylation sites (tertiary alicyclic amines) is 1. The van der Waals surface area contributed by atoms with Crippen LogP contribution in [0.3, 0.4) is 0 Å². The molecule has 1 saturated heterocycles. The Hall–Kier alpha value is -2.30. The molecule has 0 bridgehead atoms. The van der Waals surface area contributed by atoms with Gasteiger partial charge in [-0.25, -0.2) is 4.79 Å². The fourth-order valence-electron chi connectivity index (χ4n) is 3.15. The number of para-hydroxylation sites is 1. The van der Waals surface area contributed by atoms with E-state index in [0.29, 0.717) is 31.4 Å². The summed E-state index contributed by atoms with van der Waals surface area (Å²) < 4.78 is 5.17. The predicted molar refractivity (Wildman–Crippen MR) is 96.2 cm³/mol. The molecule has 25 heavy (non-hydrogen) atoms. The van der Waals surface area contributed by atoms with Crippen LogP contribution in [-0.4, -0.2) is 41.1 Å². The van der Waals surface area contributed by atoms with Crippen molar-refractivity contribution < 1.29 is 19.4 Å². The van der Waals surface area contributed by atoms with Gasteiger partial charge in [-0.15, -0.1) is 0 Å². The van der Waals surface area contributed by atoms with Crippen molar-refractivity contribution in [1.29, 1.82) is 0 Å². The number of hydrogen-bond acceptors (Lipinski definition) is 4. The highest BCUT2D eigenvalue weighted by Gasteiger charge is 2.26. The molecule has 1 amide bonds. The van der Waals surface area contributed by atoms with E-state index in [4.69, 9.17) is 4.74 Å². The standard InChI is InChI=1S/C20H27NO4/c1-15(2)20(24)25-14-12-17-8-5-6-13-21(17)19(23)11-10-16-7-3-4-9-18(16)22/h3-4,7,9,17,22H,1,5-6,8,10-14H2,2H3. The van der Waals surface area contributed by atoms with Crippen molar-refractivity contribution in [3.8, 4) is 5.75 Å². The Labute approximate surface area is 149 Å². The van der Waals surface area contributed by atoms with E-state index in [1.165, 1.54) is 0 Å². The van der Waals surface area contributed by atoms with Gasteiger partial charge in [0.05, 0.1) is 6.61 Å². The zero-order chi connectivity index (χ0) is 18.2. The zero-order valence-electron chi connectivity index (χ0n) is 14.9. The number of aromatic hydroxyl groups is 1. The fraction of sp³-hybridized carbons (Fsp3) is 0.500. The molecule has 1 unspecified atom stereocenters. The highest BCUT2D eigenvalue weighted by atomic mass is 16.5. The minimum absolute atomic E-state index is 0.0965. The molecule has 0 saturated carbocycles. The summed E-state index contributed by atoms with van der Waals surface area (Å²) >= 11 is 0. The first kappa shape index (κ1) is 19.0. The van der Waals surface area contributed by atoms with Gasteiger partial charge in [-0.3, -0.25) is 4.79 Å². The molecule has 0 aromatic heterocycles. The number of hydrogen-bond donors (Lipinski definition) is 1. The van der Waals surface area contributed by atoms with Crippen LogP contribution >= 0.6 is 0 Å². The van der Waals surface area contributed by atoms with Gasteiger partial charge in [-0.05, 0) is 44.2 Å². The third-order valence-corrected chi connectivity index (χ3v) is 4.58. The first-order chi connectivity index (χ1) is 12.0.